The highest BCUT2D eigenvalue weighted by Gasteiger charge is 2.27. The van der Waals surface area contributed by atoms with E-state index in [1.165, 1.54) is 3.57 Å². The molecule has 1 atom stereocenters. The van der Waals surface area contributed by atoms with Crippen molar-refractivity contribution in [3.8, 4) is 0 Å². The third kappa shape index (κ3) is 3.68. The third-order valence-corrected chi connectivity index (χ3v) is 5.31. The van der Waals surface area contributed by atoms with Crippen molar-refractivity contribution in [3.63, 3.8) is 0 Å². The average Bonchev–Trinajstić information content (AvgIpc) is 2.75. The molecule has 2 aromatic rings. The standard InChI is InChI=1S/C16H20BrIN2O/c1-4-13-15(17)14(20(5-2)19-13)10-16(3,21)11-6-8-12(18)9-7-11/h6-9,21H,4-5,10H2,1-3H3. The van der Waals surface area contributed by atoms with Crippen molar-refractivity contribution >= 4 is 38.5 Å². The molecule has 5 heteroatoms. The van der Waals surface area contributed by atoms with Crippen LogP contribution in [0, 0.1) is 3.57 Å². The van der Waals surface area contributed by atoms with Crippen LogP contribution in [0.3, 0.4) is 0 Å². The van der Waals surface area contributed by atoms with E-state index in [0.717, 1.165) is 34.4 Å². The number of nitrogens with zero attached hydrogens (tertiary/aromatic N) is 2. The van der Waals surface area contributed by atoms with E-state index >= 15 is 0 Å². The first-order valence-electron chi connectivity index (χ1n) is 7.11. The molecule has 1 heterocycles. The second-order valence-electron chi connectivity index (χ2n) is 5.33. The molecule has 0 bridgehead atoms. The summed E-state index contributed by atoms with van der Waals surface area (Å²) in [4.78, 5) is 0. The average molecular weight is 463 g/mol. The number of rotatable bonds is 5. The second-order valence-corrected chi connectivity index (χ2v) is 7.37. The van der Waals surface area contributed by atoms with Gasteiger partial charge in [-0.05, 0) is 76.5 Å². The monoisotopic (exact) mass is 462 g/mol. The van der Waals surface area contributed by atoms with Gasteiger partial charge in [-0.25, -0.2) is 0 Å². The Hall–Kier alpha value is -0.400. The van der Waals surface area contributed by atoms with Gasteiger partial charge in [-0.3, -0.25) is 4.68 Å². The highest BCUT2D eigenvalue weighted by atomic mass is 127. The Bertz CT molecular complexity index is 620. The first-order valence-corrected chi connectivity index (χ1v) is 8.98. The molecule has 114 valence electrons. The van der Waals surface area contributed by atoms with Gasteiger partial charge in [0, 0.05) is 16.5 Å². The molecular weight excluding hydrogens is 443 g/mol. The van der Waals surface area contributed by atoms with Crippen molar-refractivity contribution in [2.24, 2.45) is 0 Å². The van der Waals surface area contributed by atoms with Gasteiger partial charge in [0.2, 0.25) is 0 Å². The van der Waals surface area contributed by atoms with Crippen molar-refractivity contribution in [2.75, 3.05) is 0 Å². The number of hydrogen-bond acceptors (Lipinski definition) is 2. The van der Waals surface area contributed by atoms with Crippen LogP contribution in [0.2, 0.25) is 0 Å². The zero-order chi connectivity index (χ0) is 15.6. The lowest BCUT2D eigenvalue weighted by atomic mass is 9.91. The van der Waals surface area contributed by atoms with E-state index in [9.17, 15) is 5.11 Å². The molecule has 0 radical (unpaired) electrons. The third-order valence-electron chi connectivity index (χ3n) is 3.67. The summed E-state index contributed by atoms with van der Waals surface area (Å²) in [6.07, 6.45) is 1.42. The maximum absolute atomic E-state index is 10.9. The molecule has 1 aromatic heterocycles. The SMILES string of the molecule is CCc1nn(CC)c(CC(C)(O)c2ccc(I)cc2)c1Br. The molecular formula is C16H20BrIN2O. The fraction of sp³-hybridized carbons (Fsp3) is 0.438. The van der Waals surface area contributed by atoms with E-state index in [1.54, 1.807) is 0 Å². The Morgan fingerprint density at radius 2 is 1.90 bits per heavy atom. The van der Waals surface area contributed by atoms with Crippen LogP contribution in [-0.4, -0.2) is 14.9 Å². The van der Waals surface area contributed by atoms with Crippen LogP contribution >= 0.6 is 38.5 Å². The molecule has 0 aliphatic rings. The lowest BCUT2D eigenvalue weighted by Crippen LogP contribution is -2.26. The summed E-state index contributed by atoms with van der Waals surface area (Å²) in [7, 11) is 0. The van der Waals surface area contributed by atoms with Gasteiger partial charge in [-0.15, -0.1) is 0 Å². The van der Waals surface area contributed by atoms with Crippen molar-refractivity contribution in [1.82, 2.24) is 9.78 Å². The number of aliphatic hydroxyl groups is 1. The first kappa shape index (κ1) is 17.0. The van der Waals surface area contributed by atoms with Gasteiger partial charge < -0.3 is 5.11 Å². The maximum atomic E-state index is 10.9. The summed E-state index contributed by atoms with van der Waals surface area (Å²) in [5.41, 5.74) is 2.12. The van der Waals surface area contributed by atoms with E-state index < -0.39 is 5.60 Å². The molecule has 1 aromatic carbocycles. The van der Waals surface area contributed by atoms with Crippen LogP contribution in [0.5, 0.6) is 0 Å². The largest absolute Gasteiger partial charge is 0.385 e. The molecule has 0 saturated heterocycles. The van der Waals surface area contributed by atoms with E-state index in [-0.39, 0.29) is 0 Å². The Labute approximate surface area is 148 Å². The topological polar surface area (TPSA) is 38.0 Å². The molecule has 2 rings (SSSR count). The summed E-state index contributed by atoms with van der Waals surface area (Å²) in [5.74, 6) is 0. The summed E-state index contributed by atoms with van der Waals surface area (Å²) in [6, 6.07) is 8.02. The quantitative estimate of drug-likeness (QED) is 0.673. The van der Waals surface area contributed by atoms with Crippen molar-refractivity contribution < 1.29 is 5.11 Å². The summed E-state index contributed by atoms with van der Waals surface area (Å²) in [6.45, 7) is 6.83. The smallest absolute Gasteiger partial charge is 0.0924 e. The van der Waals surface area contributed by atoms with E-state index in [1.807, 2.05) is 35.9 Å². The lowest BCUT2D eigenvalue weighted by Gasteiger charge is -2.24. The van der Waals surface area contributed by atoms with Gasteiger partial charge in [0.1, 0.15) is 0 Å². The Morgan fingerprint density at radius 3 is 2.43 bits per heavy atom. The van der Waals surface area contributed by atoms with Gasteiger partial charge in [-0.1, -0.05) is 19.1 Å². The minimum Gasteiger partial charge on any atom is -0.385 e. The molecule has 0 saturated carbocycles. The highest BCUT2D eigenvalue weighted by molar-refractivity contribution is 14.1. The summed E-state index contributed by atoms with van der Waals surface area (Å²) >= 11 is 5.91. The Kier molecular flexibility index (Phi) is 5.48. The molecule has 0 fully saturated rings. The molecule has 1 N–H and O–H groups in total. The normalized spacial score (nSPS) is 14.2. The number of benzene rings is 1. The molecule has 0 spiro atoms. The van der Waals surface area contributed by atoms with Crippen molar-refractivity contribution in [1.29, 1.82) is 0 Å². The van der Waals surface area contributed by atoms with Crippen LogP contribution < -0.4 is 0 Å². The van der Waals surface area contributed by atoms with Gasteiger partial charge in [0.15, 0.2) is 0 Å². The molecule has 0 amide bonds. The van der Waals surface area contributed by atoms with Crippen molar-refractivity contribution in [3.05, 3.63) is 49.3 Å². The molecule has 3 nitrogen and oxygen atoms in total. The van der Waals surface area contributed by atoms with E-state index in [2.05, 4.69) is 57.5 Å². The van der Waals surface area contributed by atoms with Gasteiger partial charge in [-0.2, -0.15) is 5.10 Å². The number of hydrogen-bond donors (Lipinski definition) is 1. The molecule has 21 heavy (non-hydrogen) atoms. The van der Waals surface area contributed by atoms with Crippen LogP contribution in [0.4, 0.5) is 0 Å². The van der Waals surface area contributed by atoms with Crippen molar-refractivity contribution in [2.45, 2.75) is 45.8 Å². The minimum atomic E-state index is -0.912. The highest BCUT2D eigenvalue weighted by Crippen LogP contribution is 2.31. The first-order chi connectivity index (χ1) is 9.89. The van der Waals surface area contributed by atoms with Gasteiger partial charge in [0.05, 0.1) is 21.5 Å². The Morgan fingerprint density at radius 1 is 1.29 bits per heavy atom. The number of aromatic nitrogens is 2. The zero-order valence-corrected chi connectivity index (χ0v) is 16.3. The minimum absolute atomic E-state index is 0.537. The zero-order valence-electron chi connectivity index (χ0n) is 12.5. The Balaban J connectivity index is 2.36. The van der Waals surface area contributed by atoms with Crippen LogP contribution in [-0.2, 0) is 25.0 Å². The fourth-order valence-electron chi connectivity index (χ4n) is 2.42. The van der Waals surface area contributed by atoms with Crippen LogP contribution in [0.25, 0.3) is 0 Å². The molecule has 0 aliphatic carbocycles. The predicted molar refractivity (Wildman–Crippen MR) is 97.4 cm³/mol. The van der Waals surface area contributed by atoms with Gasteiger partial charge in [0.25, 0.3) is 0 Å². The second kappa shape index (κ2) is 6.79. The molecule has 1 unspecified atom stereocenters. The lowest BCUT2D eigenvalue weighted by molar-refractivity contribution is 0.0552. The number of halogens is 2. The molecule has 0 aliphatic heterocycles. The number of aryl methyl sites for hydroxylation is 2. The summed E-state index contributed by atoms with van der Waals surface area (Å²) in [5, 5.41) is 15.5. The summed E-state index contributed by atoms with van der Waals surface area (Å²) < 4.78 is 4.17. The fourth-order valence-corrected chi connectivity index (χ4v) is 3.49. The predicted octanol–water partition coefficient (Wildman–Crippen LogP) is 4.28. The van der Waals surface area contributed by atoms with E-state index in [4.69, 9.17) is 0 Å². The van der Waals surface area contributed by atoms with E-state index in [0.29, 0.717) is 6.42 Å². The maximum Gasteiger partial charge on any atom is 0.0924 e. The van der Waals surface area contributed by atoms with Crippen LogP contribution in [0.1, 0.15) is 37.7 Å². The van der Waals surface area contributed by atoms with Gasteiger partial charge >= 0.3 is 0 Å². The van der Waals surface area contributed by atoms with Crippen LogP contribution in [0.15, 0.2) is 28.7 Å².